The lowest BCUT2D eigenvalue weighted by atomic mass is 10.2. The summed E-state index contributed by atoms with van der Waals surface area (Å²) in [5.74, 6) is -0.593. The summed E-state index contributed by atoms with van der Waals surface area (Å²) in [5.41, 5.74) is 0.715. The summed E-state index contributed by atoms with van der Waals surface area (Å²) in [6.45, 7) is 1.51. The molecule has 1 heterocycles. The van der Waals surface area contributed by atoms with Gasteiger partial charge in [-0.1, -0.05) is 11.6 Å². The summed E-state index contributed by atoms with van der Waals surface area (Å²) in [7, 11) is 0. The fraction of sp³-hybridized carbons (Fsp3) is 0.200. The highest BCUT2D eigenvalue weighted by atomic mass is 35.5. The smallest absolute Gasteiger partial charge is 0.328 e. The van der Waals surface area contributed by atoms with Crippen LogP contribution in [0.4, 0.5) is 0 Å². The molecular formula is C10H9ClN4O2. The first-order chi connectivity index (χ1) is 8.09. The number of carboxylic acid groups (broad SMARTS) is 1. The number of hydrogen-bond donors (Lipinski definition) is 1. The first kappa shape index (κ1) is 11.5. The second kappa shape index (κ2) is 4.50. The largest absolute Gasteiger partial charge is 0.480 e. The van der Waals surface area contributed by atoms with Crippen molar-refractivity contribution in [3.05, 3.63) is 29.3 Å². The standard InChI is InChI=1S/C10H9ClN4O2/c1-6(10(16)17)15-9(12-13-14-15)7-2-4-8(11)5-3-7/h2-6H,1H3,(H,16,17). The molecule has 0 bridgehead atoms. The van der Waals surface area contributed by atoms with E-state index in [1.165, 1.54) is 11.6 Å². The molecule has 0 amide bonds. The minimum Gasteiger partial charge on any atom is -0.480 e. The molecule has 0 aliphatic heterocycles. The molecule has 0 saturated heterocycles. The van der Waals surface area contributed by atoms with Crippen molar-refractivity contribution in [2.24, 2.45) is 0 Å². The molecule has 1 atom stereocenters. The van der Waals surface area contributed by atoms with Crippen LogP contribution < -0.4 is 0 Å². The first-order valence-corrected chi connectivity index (χ1v) is 5.24. The van der Waals surface area contributed by atoms with Crippen LogP contribution in [-0.2, 0) is 4.79 Å². The Kier molecular flexibility index (Phi) is 3.06. The summed E-state index contributed by atoms with van der Waals surface area (Å²) in [5, 5.41) is 20.5. The third kappa shape index (κ3) is 2.26. The van der Waals surface area contributed by atoms with E-state index in [1.54, 1.807) is 24.3 Å². The molecule has 0 saturated carbocycles. The monoisotopic (exact) mass is 252 g/mol. The maximum absolute atomic E-state index is 10.9. The Balaban J connectivity index is 2.43. The van der Waals surface area contributed by atoms with Crippen LogP contribution in [0.2, 0.25) is 5.02 Å². The molecule has 0 radical (unpaired) electrons. The Morgan fingerprint density at radius 3 is 2.65 bits per heavy atom. The quantitative estimate of drug-likeness (QED) is 0.898. The van der Waals surface area contributed by atoms with E-state index in [1.807, 2.05) is 0 Å². The van der Waals surface area contributed by atoms with Gasteiger partial charge in [0, 0.05) is 10.6 Å². The predicted molar refractivity (Wildman–Crippen MR) is 60.6 cm³/mol. The number of tetrazole rings is 1. The van der Waals surface area contributed by atoms with E-state index in [0.29, 0.717) is 16.4 Å². The van der Waals surface area contributed by atoms with Crippen molar-refractivity contribution >= 4 is 17.6 Å². The van der Waals surface area contributed by atoms with Crippen LogP contribution in [0.15, 0.2) is 24.3 Å². The molecule has 0 spiro atoms. The van der Waals surface area contributed by atoms with Crippen LogP contribution in [0, 0.1) is 0 Å². The van der Waals surface area contributed by atoms with Crippen molar-refractivity contribution in [1.29, 1.82) is 0 Å². The maximum Gasteiger partial charge on any atom is 0.328 e. The number of carboxylic acids is 1. The number of rotatable bonds is 3. The highest BCUT2D eigenvalue weighted by molar-refractivity contribution is 6.30. The normalized spacial score (nSPS) is 12.4. The lowest BCUT2D eigenvalue weighted by molar-refractivity contribution is -0.140. The van der Waals surface area contributed by atoms with Crippen LogP contribution in [0.3, 0.4) is 0 Å². The van der Waals surface area contributed by atoms with Crippen molar-refractivity contribution in [2.45, 2.75) is 13.0 Å². The molecule has 2 aromatic rings. The molecule has 88 valence electrons. The van der Waals surface area contributed by atoms with Gasteiger partial charge < -0.3 is 5.11 Å². The molecule has 0 aliphatic rings. The predicted octanol–water partition coefficient (Wildman–Crippen LogP) is 1.64. The minimum absolute atomic E-state index is 0.400. The molecule has 0 aliphatic carbocycles. The molecule has 0 fully saturated rings. The Bertz CT molecular complexity index is 537. The van der Waals surface area contributed by atoms with Gasteiger partial charge in [-0.05, 0) is 41.6 Å². The van der Waals surface area contributed by atoms with Gasteiger partial charge in [-0.15, -0.1) is 5.10 Å². The average Bonchev–Trinajstić information content (AvgIpc) is 2.77. The third-order valence-electron chi connectivity index (χ3n) is 2.32. The van der Waals surface area contributed by atoms with E-state index in [4.69, 9.17) is 16.7 Å². The Morgan fingerprint density at radius 2 is 2.06 bits per heavy atom. The molecular weight excluding hydrogens is 244 g/mol. The van der Waals surface area contributed by atoms with Gasteiger partial charge >= 0.3 is 5.97 Å². The molecule has 1 aromatic heterocycles. The van der Waals surface area contributed by atoms with Crippen molar-refractivity contribution < 1.29 is 9.90 Å². The number of halogens is 1. The SMILES string of the molecule is CC(C(=O)O)n1nnnc1-c1ccc(Cl)cc1. The summed E-state index contributed by atoms with van der Waals surface area (Å²) in [6.07, 6.45) is 0. The summed E-state index contributed by atoms with van der Waals surface area (Å²) in [6, 6.07) is 6.04. The zero-order chi connectivity index (χ0) is 12.4. The van der Waals surface area contributed by atoms with Gasteiger partial charge in [-0.2, -0.15) is 0 Å². The number of carbonyl (C=O) groups is 1. The van der Waals surface area contributed by atoms with E-state index in [9.17, 15) is 4.79 Å². The molecule has 1 aromatic carbocycles. The summed E-state index contributed by atoms with van der Waals surface area (Å²) < 4.78 is 1.26. The highest BCUT2D eigenvalue weighted by Crippen LogP contribution is 2.21. The Morgan fingerprint density at radius 1 is 1.41 bits per heavy atom. The van der Waals surface area contributed by atoms with Gasteiger partial charge in [0.2, 0.25) is 0 Å². The van der Waals surface area contributed by atoms with Crippen molar-refractivity contribution in [3.63, 3.8) is 0 Å². The molecule has 7 heteroatoms. The lowest BCUT2D eigenvalue weighted by Gasteiger charge is -2.08. The van der Waals surface area contributed by atoms with E-state index in [2.05, 4.69) is 15.5 Å². The summed E-state index contributed by atoms with van der Waals surface area (Å²) in [4.78, 5) is 10.9. The molecule has 17 heavy (non-hydrogen) atoms. The van der Waals surface area contributed by atoms with Crippen LogP contribution in [-0.4, -0.2) is 31.3 Å². The minimum atomic E-state index is -0.993. The molecule has 1 unspecified atom stereocenters. The van der Waals surface area contributed by atoms with Gasteiger partial charge in [0.1, 0.15) is 0 Å². The number of benzene rings is 1. The topological polar surface area (TPSA) is 80.9 Å². The van der Waals surface area contributed by atoms with Crippen LogP contribution >= 0.6 is 11.6 Å². The van der Waals surface area contributed by atoms with Gasteiger partial charge in [0.05, 0.1) is 0 Å². The van der Waals surface area contributed by atoms with Gasteiger partial charge in [0.15, 0.2) is 11.9 Å². The average molecular weight is 253 g/mol. The fourth-order valence-corrected chi connectivity index (χ4v) is 1.47. The Hall–Kier alpha value is -1.95. The van der Waals surface area contributed by atoms with Gasteiger partial charge in [-0.25, -0.2) is 9.48 Å². The zero-order valence-electron chi connectivity index (χ0n) is 8.91. The second-order valence-electron chi connectivity index (χ2n) is 3.47. The van der Waals surface area contributed by atoms with Crippen molar-refractivity contribution in [1.82, 2.24) is 20.2 Å². The number of aliphatic carboxylic acids is 1. The van der Waals surface area contributed by atoms with Crippen molar-refractivity contribution in [2.75, 3.05) is 0 Å². The number of nitrogens with zero attached hydrogens (tertiary/aromatic N) is 4. The third-order valence-corrected chi connectivity index (χ3v) is 2.57. The second-order valence-corrected chi connectivity index (χ2v) is 3.90. The van der Waals surface area contributed by atoms with E-state index in [0.717, 1.165) is 0 Å². The van der Waals surface area contributed by atoms with E-state index in [-0.39, 0.29) is 0 Å². The Labute approximate surface area is 102 Å². The first-order valence-electron chi connectivity index (χ1n) is 4.86. The van der Waals surface area contributed by atoms with E-state index < -0.39 is 12.0 Å². The van der Waals surface area contributed by atoms with Crippen molar-refractivity contribution in [3.8, 4) is 11.4 Å². The highest BCUT2D eigenvalue weighted by Gasteiger charge is 2.19. The van der Waals surface area contributed by atoms with Crippen LogP contribution in [0.25, 0.3) is 11.4 Å². The molecule has 6 nitrogen and oxygen atoms in total. The number of hydrogen-bond acceptors (Lipinski definition) is 4. The maximum atomic E-state index is 10.9. The van der Waals surface area contributed by atoms with Crippen LogP contribution in [0.5, 0.6) is 0 Å². The fourth-order valence-electron chi connectivity index (χ4n) is 1.35. The summed E-state index contributed by atoms with van der Waals surface area (Å²) >= 11 is 5.77. The van der Waals surface area contributed by atoms with Crippen LogP contribution in [0.1, 0.15) is 13.0 Å². The lowest BCUT2D eigenvalue weighted by Crippen LogP contribution is -2.18. The zero-order valence-corrected chi connectivity index (χ0v) is 9.66. The molecule has 1 N–H and O–H groups in total. The molecule has 2 rings (SSSR count). The van der Waals surface area contributed by atoms with Gasteiger partial charge in [0.25, 0.3) is 0 Å². The van der Waals surface area contributed by atoms with Gasteiger partial charge in [-0.3, -0.25) is 0 Å². The van der Waals surface area contributed by atoms with E-state index >= 15 is 0 Å². The number of aromatic nitrogens is 4.